The van der Waals surface area contributed by atoms with Crippen molar-refractivity contribution in [3.8, 4) is 0 Å². The lowest BCUT2D eigenvalue weighted by Gasteiger charge is -2.28. The average molecular weight is 144 g/mol. The standard InChI is InChI=1S/C8H18N2.H2/c1-8(2)7-10-5-3-9-4-6-10;/h8-9H,3-7H2,1-2H3;1H. The second-order valence-corrected chi connectivity index (χ2v) is 3.44. The van der Waals surface area contributed by atoms with Gasteiger partial charge in [-0.1, -0.05) is 13.8 Å². The maximum absolute atomic E-state index is 3.35. The first kappa shape index (κ1) is 8.02. The molecule has 0 spiro atoms. The molecule has 0 unspecified atom stereocenters. The van der Waals surface area contributed by atoms with Gasteiger partial charge in [0, 0.05) is 34.2 Å². The largest absolute Gasteiger partial charge is 0.314 e. The molecule has 0 bridgehead atoms. The van der Waals surface area contributed by atoms with Gasteiger partial charge in [-0.2, -0.15) is 0 Å². The van der Waals surface area contributed by atoms with E-state index in [1.165, 1.54) is 32.7 Å². The normalized spacial score (nSPS) is 21.9. The van der Waals surface area contributed by atoms with Gasteiger partial charge in [0.2, 0.25) is 0 Å². The first-order valence-corrected chi connectivity index (χ1v) is 4.22. The Bertz CT molecular complexity index is 90.1. The third-order valence-corrected chi connectivity index (χ3v) is 1.83. The Hall–Kier alpha value is -0.0800. The van der Waals surface area contributed by atoms with Crippen LogP contribution in [0.15, 0.2) is 0 Å². The molecule has 1 aliphatic heterocycles. The monoisotopic (exact) mass is 144 g/mol. The van der Waals surface area contributed by atoms with Crippen LogP contribution in [0.1, 0.15) is 15.3 Å². The predicted molar refractivity (Wildman–Crippen MR) is 46.3 cm³/mol. The van der Waals surface area contributed by atoms with Crippen LogP contribution in [0.25, 0.3) is 0 Å². The van der Waals surface area contributed by atoms with Gasteiger partial charge in [-0.25, -0.2) is 0 Å². The van der Waals surface area contributed by atoms with E-state index < -0.39 is 0 Å². The van der Waals surface area contributed by atoms with Gasteiger partial charge in [0.15, 0.2) is 0 Å². The number of rotatable bonds is 2. The lowest BCUT2D eigenvalue weighted by atomic mass is 10.2. The van der Waals surface area contributed by atoms with Crippen molar-refractivity contribution in [1.82, 2.24) is 10.2 Å². The van der Waals surface area contributed by atoms with Crippen LogP contribution >= 0.6 is 0 Å². The summed E-state index contributed by atoms with van der Waals surface area (Å²) in [4.78, 5) is 2.53. The van der Waals surface area contributed by atoms with Crippen LogP contribution in [0.2, 0.25) is 0 Å². The average Bonchev–Trinajstić information content (AvgIpc) is 1.88. The van der Waals surface area contributed by atoms with E-state index in [1.807, 2.05) is 0 Å². The molecule has 1 aliphatic rings. The van der Waals surface area contributed by atoms with Gasteiger partial charge in [-0.05, 0) is 5.92 Å². The van der Waals surface area contributed by atoms with Crippen molar-refractivity contribution >= 4 is 0 Å². The van der Waals surface area contributed by atoms with E-state index >= 15 is 0 Å². The van der Waals surface area contributed by atoms with Crippen LogP contribution in [0.4, 0.5) is 0 Å². The van der Waals surface area contributed by atoms with Crippen molar-refractivity contribution in [2.24, 2.45) is 5.92 Å². The Morgan fingerprint density at radius 3 is 2.50 bits per heavy atom. The van der Waals surface area contributed by atoms with Crippen LogP contribution in [0.3, 0.4) is 0 Å². The number of piperazine rings is 1. The van der Waals surface area contributed by atoms with Crippen LogP contribution in [-0.4, -0.2) is 37.6 Å². The molecule has 2 nitrogen and oxygen atoms in total. The zero-order chi connectivity index (χ0) is 7.40. The van der Waals surface area contributed by atoms with Crippen molar-refractivity contribution in [3.05, 3.63) is 0 Å². The SMILES string of the molecule is CC(C)CN1CCNCC1.[HH]. The minimum atomic E-state index is 0. The number of hydrogen-bond donors (Lipinski definition) is 1. The molecule has 1 rings (SSSR count). The van der Waals surface area contributed by atoms with E-state index in [9.17, 15) is 0 Å². The number of nitrogens with zero attached hydrogens (tertiary/aromatic N) is 1. The highest BCUT2D eigenvalue weighted by Gasteiger charge is 2.09. The first-order valence-electron chi connectivity index (χ1n) is 4.22. The van der Waals surface area contributed by atoms with Crippen molar-refractivity contribution < 1.29 is 1.43 Å². The molecule has 62 valence electrons. The summed E-state index contributed by atoms with van der Waals surface area (Å²) >= 11 is 0. The van der Waals surface area contributed by atoms with Crippen molar-refractivity contribution in [2.45, 2.75) is 13.8 Å². The topological polar surface area (TPSA) is 15.3 Å². The highest BCUT2D eigenvalue weighted by atomic mass is 15.2. The fourth-order valence-corrected chi connectivity index (χ4v) is 1.41. The minimum Gasteiger partial charge on any atom is -0.314 e. The summed E-state index contributed by atoms with van der Waals surface area (Å²) in [6, 6.07) is 0. The lowest BCUT2D eigenvalue weighted by molar-refractivity contribution is 0.217. The van der Waals surface area contributed by atoms with Crippen LogP contribution in [0, 0.1) is 5.92 Å². The fraction of sp³-hybridized carbons (Fsp3) is 1.00. The lowest BCUT2D eigenvalue weighted by Crippen LogP contribution is -2.44. The second-order valence-electron chi connectivity index (χ2n) is 3.44. The molecule has 0 atom stereocenters. The maximum Gasteiger partial charge on any atom is 0.0107 e. The summed E-state index contributed by atoms with van der Waals surface area (Å²) in [6.07, 6.45) is 0. The molecule has 2 heteroatoms. The summed E-state index contributed by atoms with van der Waals surface area (Å²) in [7, 11) is 0. The summed E-state index contributed by atoms with van der Waals surface area (Å²) in [5.74, 6) is 0.818. The molecule has 0 amide bonds. The van der Waals surface area contributed by atoms with E-state index in [2.05, 4.69) is 24.1 Å². The van der Waals surface area contributed by atoms with Gasteiger partial charge in [-0.15, -0.1) is 0 Å². The van der Waals surface area contributed by atoms with E-state index in [0.717, 1.165) is 5.92 Å². The van der Waals surface area contributed by atoms with Crippen LogP contribution in [-0.2, 0) is 0 Å². The molecule has 0 aliphatic carbocycles. The molecule has 1 fully saturated rings. The Kier molecular flexibility index (Phi) is 3.16. The quantitative estimate of drug-likeness (QED) is 0.616. The van der Waals surface area contributed by atoms with E-state index in [-0.39, 0.29) is 1.43 Å². The molecule has 0 aromatic heterocycles. The van der Waals surface area contributed by atoms with Crippen LogP contribution < -0.4 is 5.32 Å². The zero-order valence-corrected chi connectivity index (χ0v) is 7.06. The molecule has 1 N–H and O–H groups in total. The third kappa shape index (κ3) is 2.67. The highest BCUT2D eigenvalue weighted by Crippen LogP contribution is 1.98. The first-order chi connectivity index (χ1) is 4.79. The van der Waals surface area contributed by atoms with Crippen molar-refractivity contribution in [1.29, 1.82) is 0 Å². The molecule has 0 aromatic rings. The van der Waals surface area contributed by atoms with Gasteiger partial charge in [0.05, 0.1) is 0 Å². The number of hydrogen-bond acceptors (Lipinski definition) is 2. The molecule has 0 radical (unpaired) electrons. The van der Waals surface area contributed by atoms with Gasteiger partial charge in [-0.3, -0.25) is 0 Å². The smallest absolute Gasteiger partial charge is 0.0107 e. The summed E-state index contributed by atoms with van der Waals surface area (Å²) in [6.45, 7) is 10.6. The van der Waals surface area contributed by atoms with Crippen molar-refractivity contribution in [2.75, 3.05) is 32.7 Å². The van der Waals surface area contributed by atoms with Gasteiger partial charge in [0.1, 0.15) is 0 Å². The Morgan fingerprint density at radius 2 is 2.00 bits per heavy atom. The number of nitrogens with one attached hydrogen (secondary N) is 1. The van der Waals surface area contributed by atoms with Gasteiger partial charge >= 0.3 is 0 Å². The van der Waals surface area contributed by atoms with Crippen molar-refractivity contribution in [3.63, 3.8) is 0 Å². The molecule has 0 aromatic carbocycles. The molecule has 1 heterocycles. The Morgan fingerprint density at radius 1 is 1.40 bits per heavy atom. The Labute approximate surface area is 65.1 Å². The second kappa shape index (κ2) is 3.94. The fourth-order valence-electron chi connectivity index (χ4n) is 1.41. The summed E-state index contributed by atoms with van der Waals surface area (Å²) in [5.41, 5.74) is 0. The minimum absolute atomic E-state index is 0. The van der Waals surface area contributed by atoms with Gasteiger partial charge < -0.3 is 10.2 Å². The predicted octanol–water partition coefficient (Wildman–Crippen LogP) is 0.794. The molecular formula is C8H20N2. The summed E-state index contributed by atoms with van der Waals surface area (Å²) < 4.78 is 0. The molecule has 1 saturated heterocycles. The third-order valence-electron chi connectivity index (χ3n) is 1.83. The Balaban J connectivity index is 0.000001000. The molecular weight excluding hydrogens is 124 g/mol. The molecule has 10 heavy (non-hydrogen) atoms. The maximum atomic E-state index is 3.35. The zero-order valence-electron chi connectivity index (χ0n) is 7.06. The van der Waals surface area contributed by atoms with E-state index in [4.69, 9.17) is 0 Å². The highest BCUT2D eigenvalue weighted by molar-refractivity contribution is 4.67. The van der Waals surface area contributed by atoms with E-state index in [1.54, 1.807) is 0 Å². The van der Waals surface area contributed by atoms with Gasteiger partial charge in [0.25, 0.3) is 0 Å². The van der Waals surface area contributed by atoms with Crippen LogP contribution in [0.5, 0.6) is 0 Å². The van der Waals surface area contributed by atoms with E-state index in [0.29, 0.717) is 0 Å². The summed E-state index contributed by atoms with van der Waals surface area (Å²) in [5, 5.41) is 3.35. The molecule has 0 saturated carbocycles.